The molecule has 0 saturated heterocycles. The monoisotopic (exact) mass is 234 g/mol. The maximum absolute atomic E-state index is 8.18. The first-order chi connectivity index (χ1) is 5.24. The maximum Gasteiger partial charge on any atom is 0.107 e. The van der Waals surface area contributed by atoms with Crippen LogP contribution in [0.4, 0.5) is 0 Å². The van der Waals surface area contributed by atoms with E-state index < -0.39 is 0 Å². The van der Waals surface area contributed by atoms with Crippen molar-refractivity contribution >= 4 is 33.7 Å². The van der Waals surface area contributed by atoms with Crippen molar-refractivity contribution in [3.05, 3.63) is 27.5 Å². The van der Waals surface area contributed by atoms with Crippen LogP contribution in [0.25, 0.3) is 0 Å². The van der Waals surface area contributed by atoms with Crippen molar-refractivity contribution in [2.24, 2.45) is 5.16 Å². The Morgan fingerprint density at radius 3 is 3.00 bits per heavy atom. The molecule has 0 saturated carbocycles. The number of rotatable bonds is 1. The van der Waals surface area contributed by atoms with Crippen LogP contribution < -0.4 is 0 Å². The van der Waals surface area contributed by atoms with Gasteiger partial charge in [0.1, 0.15) is 4.60 Å². The summed E-state index contributed by atoms with van der Waals surface area (Å²) in [6.45, 7) is 0. The van der Waals surface area contributed by atoms with Crippen LogP contribution in [0.3, 0.4) is 0 Å². The highest BCUT2D eigenvalue weighted by molar-refractivity contribution is 9.10. The van der Waals surface area contributed by atoms with Gasteiger partial charge in [-0.2, -0.15) is 0 Å². The van der Waals surface area contributed by atoms with Gasteiger partial charge in [-0.3, -0.25) is 0 Å². The van der Waals surface area contributed by atoms with Crippen LogP contribution in [0.5, 0.6) is 0 Å². The first-order valence-electron chi connectivity index (χ1n) is 2.72. The number of pyridine rings is 1. The summed E-state index contributed by atoms with van der Waals surface area (Å²) >= 11 is 8.88. The third-order valence-electron chi connectivity index (χ3n) is 1.05. The molecule has 0 aliphatic rings. The number of aromatic nitrogens is 1. The molecule has 0 aliphatic carbocycles. The van der Waals surface area contributed by atoms with Gasteiger partial charge in [0.2, 0.25) is 0 Å². The Balaban J connectivity index is 3.09. The van der Waals surface area contributed by atoms with E-state index in [1.54, 1.807) is 6.07 Å². The van der Waals surface area contributed by atoms with Crippen LogP contribution in [0.15, 0.2) is 22.0 Å². The molecule has 0 bridgehead atoms. The van der Waals surface area contributed by atoms with Crippen molar-refractivity contribution < 1.29 is 5.21 Å². The second kappa shape index (κ2) is 3.69. The first kappa shape index (κ1) is 8.49. The van der Waals surface area contributed by atoms with Crippen LogP contribution in [-0.2, 0) is 0 Å². The third-order valence-corrected chi connectivity index (χ3v) is 1.81. The third kappa shape index (κ3) is 2.17. The lowest BCUT2D eigenvalue weighted by Crippen LogP contribution is -1.85. The summed E-state index contributed by atoms with van der Waals surface area (Å²) in [6, 6.07) is 1.62. The summed E-state index contributed by atoms with van der Waals surface area (Å²) in [5, 5.41) is 11.5. The molecule has 0 unspecified atom stereocenters. The van der Waals surface area contributed by atoms with Crippen LogP contribution in [0.2, 0.25) is 5.02 Å². The smallest absolute Gasteiger partial charge is 0.107 e. The molecule has 1 aromatic heterocycles. The summed E-state index contributed by atoms with van der Waals surface area (Å²) in [5.41, 5.74) is 0.581. The SMILES string of the molecule is ON=Cc1cnc(Br)cc1Cl. The molecule has 5 heteroatoms. The van der Waals surface area contributed by atoms with Crippen molar-refractivity contribution in [1.82, 2.24) is 4.98 Å². The summed E-state index contributed by atoms with van der Waals surface area (Å²) in [4.78, 5) is 3.89. The van der Waals surface area contributed by atoms with Crippen molar-refractivity contribution in [3.63, 3.8) is 0 Å². The number of hydrogen-bond acceptors (Lipinski definition) is 3. The normalized spacial score (nSPS) is 10.7. The zero-order chi connectivity index (χ0) is 8.27. The molecule has 1 heterocycles. The average Bonchev–Trinajstić information content (AvgIpc) is 1.95. The van der Waals surface area contributed by atoms with Gasteiger partial charge in [0.15, 0.2) is 0 Å². The van der Waals surface area contributed by atoms with Crippen LogP contribution in [-0.4, -0.2) is 16.4 Å². The molecule has 3 nitrogen and oxygen atoms in total. The van der Waals surface area contributed by atoms with Gasteiger partial charge in [0.05, 0.1) is 11.2 Å². The molecule has 11 heavy (non-hydrogen) atoms. The lowest BCUT2D eigenvalue weighted by Gasteiger charge is -1.95. The van der Waals surface area contributed by atoms with E-state index in [4.69, 9.17) is 16.8 Å². The van der Waals surface area contributed by atoms with E-state index >= 15 is 0 Å². The second-order valence-corrected chi connectivity index (χ2v) is 2.99. The van der Waals surface area contributed by atoms with Crippen LogP contribution in [0, 0.1) is 0 Å². The largest absolute Gasteiger partial charge is 0.411 e. The average molecular weight is 235 g/mol. The number of oxime groups is 1. The topological polar surface area (TPSA) is 45.5 Å². The highest BCUT2D eigenvalue weighted by atomic mass is 79.9. The first-order valence-corrected chi connectivity index (χ1v) is 3.89. The molecule has 1 rings (SSSR count). The Kier molecular flexibility index (Phi) is 2.84. The fraction of sp³-hybridized carbons (Fsp3) is 0. The molecule has 0 aliphatic heterocycles. The van der Waals surface area contributed by atoms with Crippen LogP contribution in [0.1, 0.15) is 5.56 Å². The van der Waals surface area contributed by atoms with E-state index in [1.165, 1.54) is 12.4 Å². The summed E-state index contributed by atoms with van der Waals surface area (Å²) < 4.78 is 0.651. The van der Waals surface area contributed by atoms with E-state index in [2.05, 4.69) is 26.1 Å². The number of nitrogens with zero attached hydrogens (tertiary/aromatic N) is 2. The predicted octanol–water partition coefficient (Wildman–Crippen LogP) is 2.31. The molecule has 0 fully saturated rings. The summed E-state index contributed by atoms with van der Waals surface area (Å²) in [6.07, 6.45) is 2.73. The zero-order valence-corrected chi connectivity index (χ0v) is 7.67. The van der Waals surface area contributed by atoms with Gasteiger partial charge >= 0.3 is 0 Å². The standard InChI is InChI=1S/C6H4BrClN2O/c7-6-1-5(8)4(2-9-6)3-10-11/h1-3,11H. The van der Waals surface area contributed by atoms with E-state index in [9.17, 15) is 0 Å². The second-order valence-electron chi connectivity index (χ2n) is 1.77. The summed E-state index contributed by atoms with van der Waals surface area (Å²) in [5.74, 6) is 0. The highest BCUT2D eigenvalue weighted by Gasteiger charge is 1.98. The Morgan fingerprint density at radius 1 is 1.73 bits per heavy atom. The van der Waals surface area contributed by atoms with E-state index in [0.717, 1.165) is 0 Å². The van der Waals surface area contributed by atoms with Gasteiger partial charge < -0.3 is 5.21 Å². The molecular formula is C6H4BrClN2O. The quantitative estimate of drug-likeness (QED) is 0.351. The predicted molar refractivity (Wildman–Crippen MR) is 46.3 cm³/mol. The minimum Gasteiger partial charge on any atom is -0.411 e. The molecule has 0 radical (unpaired) electrons. The summed E-state index contributed by atoms with van der Waals surface area (Å²) in [7, 11) is 0. The van der Waals surface area contributed by atoms with Crippen molar-refractivity contribution in [3.8, 4) is 0 Å². The molecule has 0 aromatic carbocycles. The van der Waals surface area contributed by atoms with E-state index in [1.807, 2.05) is 0 Å². The number of halogens is 2. The highest BCUT2D eigenvalue weighted by Crippen LogP contribution is 2.16. The zero-order valence-electron chi connectivity index (χ0n) is 5.33. The lowest BCUT2D eigenvalue weighted by molar-refractivity contribution is 0.322. The Bertz CT molecular complexity index is 290. The molecular weight excluding hydrogens is 231 g/mol. The van der Waals surface area contributed by atoms with Gasteiger partial charge in [-0.25, -0.2) is 4.98 Å². The van der Waals surface area contributed by atoms with Gasteiger partial charge in [-0.1, -0.05) is 16.8 Å². The Morgan fingerprint density at radius 2 is 2.45 bits per heavy atom. The minimum absolute atomic E-state index is 0.490. The lowest BCUT2D eigenvalue weighted by atomic mass is 10.3. The number of hydrogen-bond donors (Lipinski definition) is 1. The van der Waals surface area contributed by atoms with Crippen LogP contribution >= 0.6 is 27.5 Å². The van der Waals surface area contributed by atoms with Crippen molar-refractivity contribution in [2.75, 3.05) is 0 Å². The molecule has 0 spiro atoms. The minimum atomic E-state index is 0.490. The van der Waals surface area contributed by atoms with E-state index in [0.29, 0.717) is 15.2 Å². The fourth-order valence-electron chi connectivity index (χ4n) is 0.575. The fourth-order valence-corrected chi connectivity index (χ4v) is 1.24. The maximum atomic E-state index is 8.18. The molecule has 0 amide bonds. The molecule has 1 N–H and O–H groups in total. The van der Waals surface area contributed by atoms with Crippen molar-refractivity contribution in [2.45, 2.75) is 0 Å². The van der Waals surface area contributed by atoms with Crippen molar-refractivity contribution in [1.29, 1.82) is 0 Å². The van der Waals surface area contributed by atoms with E-state index in [-0.39, 0.29) is 0 Å². The van der Waals surface area contributed by atoms with Gasteiger partial charge in [0, 0.05) is 11.8 Å². The van der Waals surface area contributed by atoms with Gasteiger partial charge in [0.25, 0.3) is 0 Å². The molecule has 0 atom stereocenters. The van der Waals surface area contributed by atoms with Gasteiger partial charge in [-0.05, 0) is 22.0 Å². The Labute approximate surface area is 76.8 Å². The Hall–Kier alpha value is -0.610. The molecule has 1 aromatic rings. The molecule has 58 valence electrons. The van der Waals surface area contributed by atoms with Gasteiger partial charge in [-0.15, -0.1) is 0 Å².